The molecule has 1 aromatic rings. The molecule has 1 fully saturated rings. The third-order valence-electron chi connectivity index (χ3n) is 2.45. The van der Waals surface area contributed by atoms with Crippen LogP contribution in [0.25, 0.3) is 0 Å². The first-order valence-electron chi connectivity index (χ1n) is 5.11. The molecule has 1 aliphatic carbocycles. The second-order valence-electron chi connectivity index (χ2n) is 3.86. The summed E-state index contributed by atoms with van der Waals surface area (Å²) in [4.78, 5) is 15.6. The molecule has 16 heavy (non-hydrogen) atoms. The van der Waals surface area contributed by atoms with Crippen molar-refractivity contribution in [1.29, 1.82) is 0 Å². The number of anilines is 1. The molecular weight excluding hydrogens is 228 g/mol. The number of carbonyl (C=O) groups excluding carboxylic acids is 1. The van der Waals surface area contributed by atoms with Crippen molar-refractivity contribution >= 4 is 23.3 Å². The van der Waals surface area contributed by atoms with Crippen LogP contribution in [0.2, 0.25) is 5.15 Å². The lowest BCUT2D eigenvalue weighted by Crippen LogP contribution is -2.25. The van der Waals surface area contributed by atoms with Crippen LogP contribution in [-0.2, 0) is 0 Å². The molecular formula is C10H13ClN4O. The topological polar surface area (TPSA) is 80.0 Å². The molecule has 1 aliphatic rings. The Hall–Kier alpha value is -1.33. The fourth-order valence-corrected chi connectivity index (χ4v) is 1.57. The summed E-state index contributed by atoms with van der Waals surface area (Å²) in [6.45, 7) is 0.726. The number of rotatable bonds is 4. The molecule has 1 saturated carbocycles. The van der Waals surface area contributed by atoms with Crippen LogP contribution in [0.5, 0.6) is 0 Å². The highest BCUT2D eigenvalue weighted by Gasteiger charge is 2.22. The summed E-state index contributed by atoms with van der Waals surface area (Å²) in [5.41, 5.74) is 2.83. The van der Waals surface area contributed by atoms with Gasteiger partial charge in [0.05, 0.1) is 0 Å². The fourth-order valence-electron chi connectivity index (χ4n) is 1.36. The highest BCUT2D eigenvalue weighted by atomic mass is 35.5. The lowest BCUT2D eigenvalue weighted by molar-refractivity contribution is 0.0951. The van der Waals surface area contributed by atoms with E-state index < -0.39 is 0 Å². The second-order valence-corrected chi connectivity index (χ2v) is 4.25. The standard InChI is InChI=1S/C10H13ClN4O/c11-8-3-7(4-9(14-8)15-12)10(16)13-5-6-1-2-6/h3-4,6H,1-2,5,12H2,(H,13,16)(H,14,15). The summed E-state index contributed by atoms with van der Waals surface area (Å²) in [5.74, 6) is 6.10. The zero-order chi connectivity index (χ0) is 11.5. The number of nitrogens with zero attached hydrogens (tertiary/aromatic N) is 1. The Morgan fingerprint density at radius 3 is 2.94 bits per heavy atom. The summed E-state index contributed by atoms with van der Waals surface area (Å²) in [6, 6.07) is 3.08. The smallest absolute Gasteiger partial charge is 0.251 e. The molecule has 0 saturated heterocycles. The number of nitrogen functional groups attached to an aromatic ring is 1. The van der Waals surface area contributed by atoms with Gasteiger partial charge in [-0.3, -0.25) is 4.79 Å². The first-order valence-corrected chi connectivity index (χ1v) is 5.49. The molecule has 0 unspecified atom stereocenters. The van der Waals surface area contributed by atoms with Crippen molar-refractivity contribution in [1.82, 2.24) is 10.3 Å². The van der Waals surface area contributed by atoms with Crippen LogP contribution in [0.4, 0.5) is 5.82 Å². The van der Waals surface area contributed by atoms with Crippen molar-refractivity contribution in [2.24, 2.45) is 11.8 Å². The SMILES string of the molecule is NNc1cc(C(=O)NCC2CC2)cc(Cl)n1. The molecule has 86 valence electrons. The minimum absolute atomic E-state index is 0.146. The van der Waals surface area contributed by atoms with E-state index in [0.29, 0.717) is 17.3 Å². The lowest BCUT2D eigenvalue weighted by Gasteiger charge is -2.06. The van der Waals surface area contributed by atoms with Crippen molar-refractivity contribution in [2.45, 2.75) is 12.8 Å². The molecule has 2 rings (SSSR count). The summed E-state index contributed by atoms with van der Waals surface area (Å²) in [6.07, 6.45) is 2.40. The first-order chi connectivity index (χ1) is 7.69. The van der Waals surface area contributed by atoms with Crippen LogP contribution in [0.15, 0.2) is 12.1 Å². The van der Waals surface area contributed by atoms with Gasteiger partial charge in [0.15, 0.2) is 0 Å². The van der Waals surface area contributed by atoms with Gasteiger partial charge in [0.2, 0.25) is 0 Å². The molecule has 1 aromatic heterocycles. The quantitative estimate of drug-likeness (QED) is 0.419. The third kappa shape index (κ3) is 2.84. The Kier molecular flexibility index (Phi) is 3.26. The van der Waals surface area contributed by atoms with Crippen LogP contribution >= 0.6 is 11.6 Å². The number of aromatic nitrogens is 1. The molecule has 0 atom stereocenters. The van der Waals surface area contributed by atoms with E-state index in [4.69, 9.17) is 17.4 Å². The Morgan fingerprint density at radius 2 is 2.31 bits per heavy atom. The van der Waals surface area contributed by atoms with Gasteiger partial charge in [-0.05, 0) is 30.9 Å². The lowest BCUT2D eigenvalue weighted by atomic mass is 10.2. The molecule has 4 N–H and O–H groups in total. The zero-order valence-electron chi connectivity index (χ0n) is 8.66. The van der Waals surface area contributed by atoms with Crippen molar-refractivity contribution in [3.8, 4) is 0 Å². The van der Waals surface area contributed by atoms with Gasteiger partial charge in [-0.2, -0.15) is 0 Å². The number of hydrogen-bond acceptors (Lipinski definition) is 4. The summed E-state index contributed by atoms with van der Waals surface area (Å²) < 4.78 is 0. The largest absolute Gasteiger partial charge is 0.352 e. The number of carbonyl (C=O) groups is 1. The monoisotopic (exact) mass is 240 g/mol. The first kappa shape index (κ1) is 11.2. The molecule has 5 nitrogen and oxygen atoms in total. The van der Waals surface area contributed by atoms with Gasteiger partial charge in [-0.25, -0.2) is 10.8 Å². The third-order valence-corrected chi connectivity index (χ3v) is 2.65. The molecule has 6 heteroatoms. The number of nitrogens with one attached hydrogen (secondary N) is 2. The van der Waals surface area contributed by atoms with Crippen LogP contribution in [-0.4, -0.2) is 17.4 Å². The number of hydrogen-bond donors (Lipinski definition) is 3. The van der Waals surface area contributed by atoms with E-state index in [0.717, 1.165) is 6.54 Å². The summed E-state index contributed by atoms with van der Waals surface area (Å²) in [7, 11) is 0. The van der Waals surface area contributed by atoms with E-state index in [1.165, 1.54) is 18.9 Å². The molecule has 0 radical (unpaired) electrons. The van der Waals surface area contributed by atoms with Gasteiger partial charge in [-0.1, -0.05) is 11.6 Å². The minimum Gasteiger partial charge on any atom is -0.352 e. The second kappa shape index (κ2) is 4.67. The Morgan fingerprint density at radius 1 is 1.56 bits per heavy atom. The molecule has 1 amide bonds. The van der Waals surface area contributed by atoms with Gasteiger partial charge in [0.1, 0.15) is 11.0 Å². The number of hydrazine groups is 1. The highest BCUT2D eigenvalue weighted by molar-refractivity contribution is 6.29. The predicted molar refractivity (Wildman–Crippen MR) is 62.1 cm³/mol. The van der Waals surface area contributed by atoms with Crippen molar-refractivity contribution in [3.05, 3.63) is 22.8 Å². The summed E-state index contributed by atoms with van der Waals surface area (Å²) >= 11 is 5.76. The number of nitrogens with two attached hydrogens (primary N) is 1. The van der Waals surface area contributed by atoms with E-state index in [9.17, 15) is 4.79 Å². The average Bonchev–Trinajstić information content (AvgIpc) is 3.08. The van der Waals surface area contributed by atoms with Crippen LogP contribution in [0.1, 0.15) is 23.2 Å². The predicted octanol–water partition coefficient (Wildman–Crippen LogP) is 1.16. The average molecular weight is 241 g/mol. The van der Waals surface area contributed by atoms with Crippen LogP contribution in [0, 0.1) is 5.92 Å². The maximum atomic E-state index is 11.7. The Labute approximate surface area is 98.3 Å². The van der Waals surface area contributed by atoms with E-state index in [1.807, 2.05) is 0 Å². The van der Waals surface area contributed by atoms with Gasteiger partial charge in [0, 0.05) is 12.1 Å². The molecule has 0 spiro atoms. The zero-order valence-corrected chi connectivity index (χ0v) is 9.42. The highest BCUT2D eigenvalue weighted by Crippen LogP contribution is 2.27. The number of pyridine rings is 1. The van der Waals surface area contributed by atoms with E-state index >= 15 is 0 Å². The maximum Gasteiger partial charge on any atom is 0.251 e. The van der Waals surface area contributed by atoms with E-state index in [1.54, 1.807) is 6.07 Å². The van der Waals surface area contributed by atoms with E-state index in [2.05, 4.69) is 15.7 Å². The molecule has 1 heterocycles. The van der Waals surface area contributed by atoms with Crippen molar-refractivity contribution in [3.63, 3.8) is 0 Å². The molecule has 0 bridgehead atoms. The molecule has 0 aromatic carbocycles. The Bertz CT molecular complexity index is 406. The Balaban J connectivity index is 2.05. The fraction of sp³-hybridized carbons (Fsp3) is 0.400. The van der Waals surface area contributed by atoms with E-state index in [-0.39, 0.29) is 11.1 Å². The summed E-state index contributed by atoms with van der Waals surface area (Å²) in [5, 5.41) is 3.09. The number of amides is 1. The minimum atomic E-state index is -0.146. The number of halogens is 1. The van der Waals surface area contributed by atoms with Crippen molar-refractivity contribution in [2.75, 3.05) is 12.0 Å². The van der Waals surface area contributed by atoms with Gasteiger partial charge < -0.3 is 10.7 Å². The van der Waals surface area contributed by atoms with Crippen LogP contribution in [0.3, 0.4) is 0 Å². The normalized spacial score (nSPS) is 14.6. The van der Waals surface area contributed by atoms with Crippen LogP contribution < -0.4 is 16.6 Å². The van der Waals surface area contributed by atoms with Gasteiger partial charge in [0.25, 0.3) is 5.91 Å². The molecule has 0 aliphatic heterocycles. The maximum absolute atomic E-state index is 11.7. The van der Waals surface area contributed by atoms with Gasteiger partial charge in [-0.15, -0.1) is 0 Å². The van der Waals surface area contributed by atoms with Crippen molar-refractivity contribution < 1.29 is 4.79 Å². The van der Waals surface area contributed by atoms with Gasteiger partial charge >= 0.3 is 0 Å².